The van der Waals surface area contributed by atoms with E-state index in [9.17, 15) is 18.4 Å². The number of halogens is 2. The summed E-state index contributed by atoms with van der Waals surface area (Å²) >= 11 is 1.43. The van der Waals surface area contributed by atoms with Crippen LogP contribution < -0.4 is 10.6 Å². The summed E-state index contributed by atoms with van der Waals surface area (Å²) in [5.41, 5.74) is -0.519. The monoisotopic (exact) mass is 310 g/mol. The first-order valence-electron chi connectivity index (χ1n) is 6.09. The maximum absolute atomic E-state index is 13.3. The molecule has 0 aliphatic rings. The number of hydrogen-bond acceptors (Lipinski definition) is 3. The molecule has 0 saturated heterocycles. The van der Waals surface area contributed by atoms with Gasteiger partial charge in [-0.1, -0.05) is 12.1 Å². The highest BCUT2D eigenvalue weighted by Gasteiger charge is 2.12. The number of benzene rings is 1. The minimum absolute atomic E-state index is 0.166. The predicted octanol–water partition coefficient (Wildman–Crippen LogP) is 2.32. The number of nitrogens with one attached hydrogen (secondary N) is 2. The molecule has 21 heavy (non-hydrogen) atoms. The summed E-state index contributed by atoms with van der Waals surface area (Å²) in [5.74, 6) is -2.76. The molecule has 0 unspecified atom stereocenters. The molecule has 0 spiro atoms. The second-order valence-electron chi connectivity index (χ2n) is 4.18. The van der Waals surface area contributed by atoms with E-state index in [1.807, 2.05) is 11.4 Å². The van der Waals surface area contributed by atoms with Crippen LogP contribution in [0.15, 0.2) is 35.7 Å². The molecule has 0 radical (unpaired) electrons. The summed E-state index contributed by atoms with van der Waals surface area (Å²) in [6.45, 7) is -0.349. The minimum atomic E-state index is -0.867. The Balaban J connectivity index is 1.83. The van der Waals surface area contributed by atoms with Crippen LogP contribution in [0.1, 0.15) is 4.88 Å². The third-order valence-electron chi connectivity index (χ3n) is 2.59. The Bertz CT molecular complexity index is 624. The molecule has 1 aromatic heterocycles. The summed E-state index contributed by atoms with van der Waals surface area (Å²) in [4.78, 5) is 24.0. The number of rotatable bonds is 5. The highest BCUT2D eigenvalue weighted by Crippen LogP contribution is 2.17. The predicted molar refractivity (Wildman–Crippen MR) is 76.0 cm³/mol. The van der Waals surface area contributed by atoms with Gasteiger partial charge in [0.2, 0.25) is 11.8 Å². The molecule has 110 valence electrons. The molecule has 2 amide bonds. The Morgan fingerprint density at radius 1 is 1.05 bits per heavy atom. The van der Waals surface area contributed by atoms with Crippen LogP contribution in [-0.4, -0.2) is 18.4 Å². The number of para-hydroxylation sites is 1. The van der Waals surface area contributed by atoms with E-state index in [0.717, 1.165) is 17.0 Å². The first-order valence-corrected chi connectivity index (χ1v) is 6.97. The first-order chi connectivity index (χ1) is 10.1. The Hall–Kier alpha value is -2.28. The van der Waals surface area contributed by atoms with Crippen LogP contribution in [0.25, 0.3) is 0 Å². The van der Waals surface area contributed by atoms with Crippen molar-refractivity contribution in [2.24, 2.45) is 0 Å². The van der Waals surface area contributed by atoms with Crippen molar-refractivity contribution in [3.8, 4) is 0 Å². The Morgan fingerprint density at radius 2 is 1.76 bits per heavy atom. The Kier molecular flexibility index (Phi) is 4.99. The fourth-order valence-electron chi connectivity index (χ4n) is 1.61. The molecule has 0 atom stereocenters. The summed E-state index contributed by atoms with van der Waals surface area (Å²) in [5, 5.41) is 6.33. The van der Waals surface area contributed by atoms with Crippen molar-refractivity contribution in [2.45, 2.75) is 6.42 Å². The van der Waals surface area contributed by atoms with Gasteiger partial charge < -0.3 is 10.6 Å². The molecule has 0 fully saturated rings. The molecule has 1 heterocycles. The lowest BCUT2D eigenvalue weighted by atomic mass is 10.3. The number of thiophene rings is 1. The molecule has 2 N–H and O–H groups in total. The maximum Gasteiger partial charge on any atom is 0.243 e. The van der Waals surface area contributed by atoms with Crippen LogP contribution in [-0.2, 0) is 16.0 Å². The van der Waals surface area contributed by atoms with E-state index in [1.54, 1.807) is 6.07 Å². The summed E-state index contributed by atoms with van der Waals surface area (Å²) in [7, 11) is 0. The number of carbonyl (C=O) groups excluding carboxylic acids is 2. The van der Waals surface area contributed by atoms with E-state index >= 15 is 0 Å². The van der Waals surface area contributed by atoms with Gasteiger partial charge in [0.05, 0.1) is 13.0 Å². The highest BCUT2D eigenvalue weighted by molar-refractivity contribution is 7.10. The number of hydrogen-bond donors (Lipinski definition) is 2. The summed E-state index contributed by atoms with van der Waals surface area (Å²) < 4.78 is 26.6. The van der Waals surface area contributed by atoms with E-state index in [2.05, 4.69) is 10.6 Å². The zero-order chi connectivity index (χ0) is 15.2. The van der Waals surface area contributed by atoms with E-state index < -0.39 is 23.2 Å². The van der Waals surface area contributed by atoms with Gasteiger partial charge in [0.15, 0.2) is 0 Å². The topological polar surface area (TPSA) is 58.2 Å². The van der Waals surface area contributed by atoms with Crippen LogP contribution >= 0.6 is 11.3 Å². The SMILES string of the molecule is O=C(Cc1cccs1)NCC(=O)Nc1c(F)cccc1F. The normalized spacial score (nSPS) is 10.2. The van der Waals surface area contributed by atoms with E-state index in [4.69, 9.17) is 0 Å². The van der Waals surface area contributed by atoms with Crippen molar-refractivity contribution >= 4 is 28.8 Å². The van der Waals surface area contributed by atoms with Gasteiger partial charge in [-0.3, -0.25) is 9.59 Å². The third kappa shape index (κ3) is 4.35. The second-order valence-corrected chi connectivity index (χ2v) is 5.21. The van der Waals surface area contributed by atoms with Crippen molar-refractivity contribution in [1.82, 2.24) is 5.32 Å². The van der Waals surface area contributed by atoms with Crippen LogP contribution in [0.5, 0.6) is 0 Å². The summed E-state index contributed by atoms with van der Waals surface area (Å²) in [6, 6.07) is 6.89. The molecular weight excluding hydrogens is 298 g/mol. The lowest BCUT2D eigenvalue weighted by molar-refractivity contribution is -0.123. The first kappa shape index (κ1) is 15.1. The van der Waals surface area contributed by atoms with Crippen LogP contribution in [0.3, 0.4) is 0 Å². The van der Waals surface area contributed by atoms with Crippen molar-refractivity contribution in [3.05, 3.63) is 52.2 Å². The van der Waals surface area contributed by atoms with E-state index in [1.165, 1.54) is 17.4 Å². The van der Waals surface area contributed by atoms with Gasteiger partial charge in [0, 0.05) is 4.88 Å². The van der Waals surface area contributed by atoms with Crippen LogP contribution in [0.2, 0.25) is 0 Å². The average molecular weight is 310 g/mol. The molecule has 2 aromatic rings. The molecule has 0 aliphatic carbocycles. The fraction of sp³-hybridized carbons (Fsp3) is 0.143. The average Bonchev–Trinajstić information content (AvgIpc) is 2.94. The fourth-order valence-corrected chi connectivity index (χ4v) is 2.32. The molecule has 2 rings (SSSR count). The van der Waals surface area contributed by atoms with Gasteiger partial charge in [-0.2, -0.15) is 0 Å². The van der Waals surface area contributed by atoms with E-state index in [0.29, 0.717) is 0 Å². The van der Waals surface area contributed by atoms with Crippen LogP contribution in [0.4, 0.5) is 14.5 Å². The van der Waals surface area contributed by atoms with Gasteiger partial charge in [-0.05, 0) is 23.6 Å². The Morgan fingerprint density at radius 3 is 2.38 bits per heavy atom. The van der Waals surface area contributed by atoms with Crippen molar-refractivity contribution < 1.29 is 18.4 Å². The Labute approximate surface area is 123 Å². The second kappa shape index (κ2) is 6.94. The lowest BCUT2D eigenvalue weighted by Crippen LogP contribution is -2.34. The van der Waals surface area contributed by atoms with Gasteiger partial charge in [-0.15, -0.1) is 11.3 Å². The molecule has 0 aliphatic heterocycles. The number of carbonyl (C=O) groups is 2. The standard InChI is InChI=1S/C14H12F2N2O2S/c15-10-4-1-5-11(16)14(10)18-13(20)8-17-12(19)7-9-3-2-6-21-9/h1-6H,7-8H2,(H,17,19)(H,18,20). The van der Waals surface area contributed by atoms with Crippen LogP contribution in [0, 0.1) is 11.6 Å². The quantitative estimate of drug-likeness (QED) is 0.890. The molecule has 0 bridgehead atoms. The third-order valence-corrected chi connectivity index (χ3v) is 3.46. The number of anilines is 1. The highest BCUT2D eigenvalue weighted by atomic mass is 32.1. The molecule has 7 heteroatoms. The number of amides is 2. The largest absolute Gasteiger partial charge is 0.347 e. The van der Waals surface area contributed by atoms with Gasteiger partial charge in [-0.25, -0.2) is 8.78 Å². The van der Waals surface area contributed by atoms with Crippen molar-refractivity contribution in [3.63, 3.8) is 0 Å². The zero-order valence-corrected chi connectivity index (χ0v) is 11.7. The minimum Gasteiger partial charge on any atom is -0.347 e. The molecular formula is C14H12F2N2O2S. The zero-order valence-electron chi connectivity index (χ0n) is 10.9. The smallest absolute Gasteiger partial charge is 0.243 e. The molecule has 1 aromatic carbocycles. The molecule has 4 nitrogen and oxygen atoms in total. The van der Waals surface area contributed by atoms with Crippen molar-refractivity contribution in [2.75, 3.05) is 11.9 Å². The van der Waals surface area contributed by atoms with Gasteiger partial charge in [0.25, 0.3) is 0 Å². The van der Waals surface area contributed by atoms with Gasteiger partial charge >= 0.3 is 0 Å². The maximum atomic E-state index is 13.3. The van der Waals surface area contributed by atoms with Crippen molar-refractivity contribution in [1.29, 1.82) is 0 Å². The lowest BCUT2D eigenvalue weighted by Gasteiger charge is -2.08. The van der Waals surface area contributed by atoms with E-state index in [-0.39, 0.29) is 18.9 Å². The van der Waals surface area contributed by atoms with Gasteiger partial charge in [0.1, 0.15) is 17.3 Å². The summed E-state index contributed by atoms with van der Waals surface area (Å²) in [6.07, 6.45) is 0.166. The molecule has 0 saturated carbocycles.